The molecule has 0 saturated heterocycles. The van der Waals surface area contributed by atoms with Crippen LogP contribution in [0.3, 0.4) is 0 Å². The molecule has 0 saturated carbocycles. The number of hydrogen-bond donors (Lipinski definition) is 1. The summed E-state index contributed by atoms with van der Waals surface area (Å²) in [6.07, 6.45) is 2.73. The maximum atomic E-state index is 11.4. The maximum Gasteiger partial charge on any atom is 0.325 e. The van der Waals surface area contributed by atoms with Gasteiger partial charge in [-0.25, -0.2) is 0 Å². The average Bonchev–Trinajstić information content (AvgIpc) is 2.43. The fourth-order valence-electron chi connectivity index (χ4n) is 1.31. The van der Waals surface area contributed by atoms with Crippen LogP contribution in [0.1, 0.15) is 12.5 Å². The van der Waals surface area contributed by atoms with Crippen LogP contribution >= 0.6 is 0 Å². The van der Waals surface area contributed by atoms with Crippen LogP contribution in [0.4, 0.5) is 5.69 Å². The molecule has 0 atom stereocenters. The lowest BCUT2D eigenvalue weighted by Crippen LogP contribution is -2.29. The minimum Gasteiger partial charge on any atom is -0.465 e. The summed E-state index contributed by atoms with van der Waals surface area (Å²) in [6.45, 7) is 1.73. The molecule has 1 N–H and O–H groups in total. The second kappa shape index (κ2) is 7.67. The molecule has 0 aliphatic rings. The quantitative estimate of drug-likeness (QED) is 0.366. The lowest BCUT2D eigenvalue weighted by atomic mass is 10.2. The van der Waals surface area contributed by atoms with Gasteiger partial charge in [0.25, 0.3) is 5.69 Å². The normalized spacial score (nSPS) is 10.2. The molecule has 0 aliphatic carbocycles. The van der Waals surface area contributed by atoms with Crippen molar-refractivity contribution in [3.63, 3.8) is 0 Å². The van der Waals surface area contributed by atoms with Gasteiger partial charge in [0.1, 0.15) is 6.54 Å². The molecule has 106 valence electrons. The second-order valence-electron chi connectivity index (χ2n) is 3.70. The van der Waals surface area contributed by atoms with E-state index in [0.29, 0.717) is 5.56 Å². The zero-order valence-electron chi connectivity index (χ0n) is 10.9. The molecule has 1 aromatic rings. The number of carbonyl (C=O) groups excluding carboxylic acids is 2. The van der Waals surface area contributed by atoms with E-state index in [9.17, 15) is 19.7 Å². The molecule has 0 aromatic heterocycles. The zero-order chi connectivity index (χ0) is 15.0. The fourth-order valence-corrected chi connectivity index (χ4v) is 1.31. The molecule has 1 amide bonds. The Labute approximate surface area is 115 Å². The molecule has 0 radical (unpaired) electrons. The molecule has 0 aliphatic heterocycles. The Kier molecular flexibility index (Phi) is 5.89. The van der Waals surface area contributed by atoms with Crippen LogP contribution in [0.2, 0.25) is 0 Å². The van der Waals surface area contributed by atoms with Gasteiger partial charge < -0.3 is 10.1 Å². The van der Waals surface area contributed by atoms with Crippen molar-refractivity contribution in [2.24, 2.45) is 0 Å². The highest BCUT2D eigenvalue weighted by atomic mass is 16.6. The van der Waals surface area contributed by atoms with Crippen molar-refractivity contribution < 1.29 is 19.2 Å². The molecule has 0 fully saturated rings. The van der Waals surface area contributed by atoms with E-state index >= 15 is 0 Å². The summed E-state index contributed by atoms with van der Waals surface area (Å²) >= 11 is 0. The molecule has 7 nitrogen and oxygen atoms in total. The Morgan fingerprint density at radius 1 is 1.35 bits per heavy atom. The maximum absolute atomic E-state index is 11.4. The third-order valence-electron chi connectivity index (χ3n) is 2.24. The fraction of sp³-hybridized carbons (Fsp3) is 0.231. The minimum atomic E-state index is -0.510. The summed E-state index contributed by atoms with van der Waals surface area (Å²) < 4.78 is 4.65. The number of nitro groups is 1. The lowest BCUT2D eigenvalue weighted by molar-refractivity contribution is -0.384. The standard InChI is InChI=1S/C13H14N2O5/c1-2-20-13(17)9-14-12(16)8-5-10-3-6-11(7-4-10)15(18)19/h3-8H,2,9H2,1H3,(H,14,16)/b8-5+. The van der Waals surface area contributed by atoms with Gasteiger partial charge in [0.2, 0.25) is 5.91 Å². The van der Waals surface area contributed by atoms with E-state index in [1.807, 2.05) is 0 Å². The number of hydrogen-bond acceptors (Lipinski definition) is 5. The molecular formula is C13H14N2O5. The molecule has 1 aromatic carbocycles. The largest absolute Gasteiger partial charge is 0.465 e. The van der Waals surface area contributed by atoms with Crippen molar-refractivity contribution in [2.45, 2.75) is 6.92 Å². The molecule has 0 unspecified atom stereocenters. The summed E-state index contributed by atoms with van der Waals surface area (Å²) in [5, 5.41) is 12.8. The van der Waals surface area contributed by atoms with Crippen LogP contribution < -0.4 is 5.32 Å². The van der Waals surface area contributed by atoms with Gasteiger partial charge in [-0.1, -0.05) is 0 Å². The van der Waals surface area contributed by atoms with Crippen LogP contribution in [0.25, 0.3) is 6.08 Å². The monoisotopic (exact) mass is 278 g/mol. The Hall–Kier alpha value is -2.70. The number of nitrogens with one attached hydrogen (secondary N) is 1. The molecule has 0 spiro atoms. The van der Waals surface area contributed by atoms with Crippen molar-refractivity contribution in [3.05, 3.63) is 46.0 Å². The van der Waals surface area contributed by atoms with E-state index in [1.54, 1.807) is 6.92 Å². The van der Waals surface area contributed by atoms with Crippen molar-refractivity contribution in [1.82, 2.24) is 5.32 Å². The van der Waals surface area contributed by atoms with Gasteiger partial charge in [-0.2, -0.15) is 0 Å². The van der Waals surface area contributed by atoms with Crippen LogP contribution in [0.15, 0.2) is 30.3 Å². The summed E-state index contributed by atoms with van der Waals surface area (Å²) in [6, 6.07) is 5.73. The van der Waals surface area contributed by atoms with Gasteiger partial charge in [0.15, 0.2) is 0 Å². The molecule has 0 heterocycles. The number of non-ortho nitro benzene ring substituents is 1. The summed E-state index contributed by atoms with van der Waals surface area (Å²) in [5.74, 6) is -0.957. The van der Waals surface area contributed by atoms with Crippen molar-refractivity contribution in [3.8, 4) is 0 Å². The number of carbonyl (C=O) groups is 2. The number of ether oxygens (including phenoxy) is 1. The molecule has 7 heteroatoms. The molecule has 20 heavy (non-hydrogen) atoms. The van der Waals surface area contributed by atoms with Gasteiger partial charge in [0, 0.05) is 18.2 Å². The van der Waals surface area contributed by atoms with Gasteiger partial charge in [-0.15, -0.1) is 0 Å². The Morgan fingerprint density at radius 2 is 2.00 bits per heavy atom. The highest BCUT2D eigenvalue weighted by Crippen LogP contribution is 2.12. The third-order valence-corrected chi connectivity index (χ3v) is 2.24. The van der Waals surface area contributed by atoms with Gasteiger partial charge in [-0.3, -0.25) is 19.7 Å². The first-order valence-corrected chi connectivity index (χ1v) is 5.89. The smallest absolute Gasteiger partial charge is 0.325 e. The van der Waals surface area contributed by atoms with E-state index in [0.717, 1.165) is 0 Å². The summed E-state index contributed by atoms with van der Waals surface area (Å²) in [7, 11) is 0. The van der Waals surface area contributed by atoms with Gasteiger partial charge in [0.05, 0.1) is 11.5 Å². The van der Waals surface area contributed by atoms with Gasteiger partial charge >= 0.3 is 5.97 Å². The Balaban J connectivity index is 2.48. The molecule has 1 rings (SSSR count). The number of benzene rings is 1. The summed E-state index contributed by atoms with van der Waals surface area (Å²) in [5.41, 5.74) is 0.621. The SMILES string of the molecule is CCOC(=O)CNC(=O)/C=C/c1ccc([N+](=O)[O-])cc1. The van der Waals surface area contributed by atoms with Crippen molar-refractivity contribution in [1.29, 1.82) is 0 Å². The summed E-state index contributed by atoms with van der Waals surface area (Å²) in [4.78, 5) is 32.3. The Morgan fingerprint density at radius 3 is 2.55 bits per heavy atom. The number of rotatable bonds is 6. The minimum absolute atomic E-state index is 0.0195. The second-order valence-corrected chi connectivity index (χ2v) is 3.70. The van der Waals surface area contributed by atoms with Gasteiger partial charge in [-0.05, 0) is 30.7 Å². The van der Waals surface area contributed by atoms with E-state index in [1.165, 1.54) is 36.4 Å². The molecule has 0 bridgehead atoms. The number of nitrogens with zero attached hydrogens (tertiary/aromatic N) is 1. The zero-order valence-corrected chi connectivity index (χ0v) is 10.9. The first-order valence-electron chi connectivity index (χ1n) is 5.89. The van der Waals surface area contributed by atoms with Crippen LogP contribution in [0, 0.1) is 10.1 Å². The predicted molar refractivity (Wildman–Crippen MR) is 71.8 cm³/mol. The van der Waals surface area contributed by atoms with E-state index in [-0.39, 0.29) is 18.8 Å². The number of nitro benzene ring substituents is 1. The highest BCUT2D eigenvalue weighted by Gasteiger charge is 2.04. The van der Waals surface area contributed by atoms with Crippen molar-refractivity contribution in [2.75, 3.05) is 13.2 Å². The van der Waals surface area contributed by atoms with E-state index < -0.39 is 16.8 Å². The third kappa shape index (κ3) is 5.30. The number of esters is 1. The van der Waals surface area contributed by atoms with E-state index in [2.05, 4.69) is 10.1 Å². The van der Waals surface area contributed by atoms with Crippen LogP contribution in [-0.4, -0.2) is 30.0 Å². The van der Waals surface area contributed by atoms with Crippen molar-refractivity contribution >= 4 is 23.6 Å². The van der Waals surface area contributed by atoms with E-state index in [4.69, 9.17) is 0 Å². The van der Waals surface area contributed by atoms with Crippen LogP contribution in [0.5, 0.6) is 0 Å². The molecular weight excluding hydrogens is 264 g/mol. The first kappa shape index (κ1) is 15.4. The topological polar surface area (TPSA) is 98.5 Å². The predicted octanol–water partition coefficient (Wildman–Crippen LogP) is 1.29. The average molecular weight is 278 g/mol. The first-order chi connectivity index (χ1) is 9.52. The Bertz CT molecular complexity index is 522. The van der Waals surface area contributed by atoms with Crippen LogP contribution in [-0.2, 0) is 14.3 Å². The lowest BCUT2D eigenvalue weighted by Gasteiger charge is -2.01. The number of amides is 1. The highest BCUT2D eigenvalue weighted by molar-refractivity contribution is 5.93.